The van der Waals surface area contributed by atoms with Gasteiger partial charge in [0.2, 0.25) is 0 Å². The van der Waals surface area contributed by atoms with Gasteiger partial charge in [-0.3, -0.25) is 14.5 Å². The number of benzene rings is 1. The average molecular weight is 222 g/mol. The maximum atomic E-state index is 12.8. The highest BCUT2D eigenvalue weighted by molar-refractivity contribution is 6.22. The lowest BCUT2D eigenvalue weighted by molar-refractivity contribution is -0.305. The van der Waals surface area contributed by atoms with Gasteiger partial charge in [0.25, 0.3) is 11.8 Å². The van der Waals surface area contributed by atoms with Crippen molar-refractivity contribution in [3.63, 3.8) is 0 Å². The molecule has 0 saturated heterocycles. The Morgan fingerprint density at radius 1 is 1.25 bits per heavy atom. The van der Waals surface area contributed by atoms with E-state index in [9.17, 15) is 23.9 Å². The fourth-order valence-electron chi connectivity index (χ4n) is 1.54. The zero-order valence-corrected chi connectivity index (χ0v) is 7.90. The van der Waals surface area contributed by atoms with Crippen LogP contribution in [-0.2, 0) is 4.79 Å². The number of hydrogen-bond donors (Lipinski definition) is 0. The SMILES string of the molecule is O=C([O-])CN1C(=O)c2ccc(F)cc2C1=O. The number of hydrogen-bond acceptors (Lipinski definition) is 4. The van der Waals surface area contributed by atoms with Crippen molar-refractivity contribution in [1.82, 2.24) is 4.90 Å². The first-order valence-corrected chi connectivity index (χ1v) is 4.36. The van der Waals surface area contributed by atoms with E-state index in [1.54, 1.807) is 0 Å². The molecule has 5 nitrogen and oxygen atoms in total. The minimum atomic E-state index is -1.55. The van der Waals surface area contributed by atoms with Gasteiger partial charge in [-0.1, -0.05) is 0 Å². The fourth-order valence-corrected chi connectivity index (χ4v) is 1.54. The van der Waals surface area contributed by atoms with Gasteiger partial charge in [0.1, 0.15) is 5.82 Å². The van der Waals surface area contributed by atoms with Crippen molar-refractivity contribution in [2.24, 2.45) is 0 Å². The third-order valence-corrected chi connectivity index (χ3v) is 2.22. The molecule has 0 atom stereocenters. The van der Waals surface area contributed by atoms with Crippen LogP contribution in [0.25, 0.3) is 0 Å². The van der Waals surface area contributed by atoms with Gasteiger partial charge in [-0.05, 0) is 18.2 Å². The molecule has 1 aromatic rings. The summed E-state index contributed by atoms with van der Waals surface area (Å²) in [5, 5.41) is 10.3. The van der Waals surface area contributed by atoms with Crippen LogP contribution in [0.5, 0.6) is 0 Å². The van der Waals surface area contributed by atoms with Gasteiger partial charge < -0.3 is 9.90 Å². The van der Waals surface area contributed by atoms with Crippen molar-refractivity contribution in [2.75, 3.05) is 6.54 Å². The standard InChI is InChI=1S/C10H6FNO4/c11-5-1-2-6-7(3-5)10(16)12(9(6)15)4-8(13)14/h1-3H,4H2,(H,13,14)/p-1. The van der Waals surface area contributed by atoms with Gasteiger partial charge in [0, 0.05) is 0 Å². The Kier molecular flexibility index (Phi) is 2.19. The maximum Gasteiger partial charge on any atom is 0.262 e. The highest BCUT2D eigenvalue weighted by Crippen LogP contribution is 2.23. The summed E-state index contributed by atoms with van der Waals surface area (Å²) in [6.07, 6.45) is 0. The van der Waals surface area contributed by atoms with Crippen LogP contribution in [0.1, 0.15) is 20.7 Å². The van der Waals surface area contributed by atoms with Crippen LogP contribution < -0.4 is 5.11 Å². The Bertz CT molecular complexity index is 512. The normalized spacial score (nSPS) is 14.2. The van der Waals surface area contributed by atoms with Gasteiger partial charge in [0.05, 0.1) is 23.6 Å². The highest BCUT2D eigenvalue weighted by Gasteiger charge is 2.35. The number of carboxylic acid groups (broad SMARTS) is 1. The molecule has 0 N–H and O–H groups in total. The van der Waals surface area contributed by atoms with E-state index in [2.05, 4.69) is 0 Å². The molecule has 0 radical (unpaired) electrons. The number of carboxylic acids is 1. The van der Waals surface area contributed by atoms with E-state index < -0.39 is 30.1 Å². The number of aliphatic carboxylic acids is 1. The van der Waals surface area contributed by atoms with Crippen LogP contribution in [0.2, 0.25) is 0 Å². The van der Waals surface area contributed by atoms with Gasteiger partial charge in [0.15, 0.2) is 0 Å². The number of fused-ring (bicyclic) bond motifs is 1. The number of carbonyl (C=O) groups is 3. The molecule has 16 heavy (non-hydrogen) atoms. The smallest absolute Gasteiger partial charge is 0.262 e. The van der Waals surface area contributed by atoms with E-state index in [4.69, 9.17) is 0 Å². The Morgan fingerprint density at radius 3 is 2.50 bits per heavy atom. The number of carbonyl (C=O) groups excluding carboxylic acids is 3. The summed E-state index contributed by atoms with van der Waals surface area (Å²) in [5.41, 5.74) is -0.112. The Hall–Kier alpha value is -2.24. The van der Waals surface area contributed by atoms with Crippen LogP contribution >= 0.6 is 0 Å². The molecule has 1 aliphatic rings. The van der Waals surface area contributed by atoms with E-state index in [1.165, 1.54) is 0 Å². The minimum Gasteiger partial charge on any atom is -0.548 e. The second-order valence-corrected chi connectivity index (χ2v) is 3.26. The van der Waals surface area contributed by atoms with Crippen LogP contribution in [0.3, 0.4) is 0 Å². The summed E-state index contributed by atoms with van der Waals surface area (Å²) in [6, 6.07) is 3.09. The van der Waals surface area contributed by atoms with Crippen molar-refractivity contribution in [3.8, 4) is 0 Å². The molecule has 2 amide bonds. The first kappa shape index (κ1) is 10.3. The summed E-state index contributed by atoms with van der Waals surface area (Å²) >= 11 is 0. The Balaban J connectivity index is 2.44. The van der Waals surface area contributed by atoms with Gasteiger partial charge in [-0.2, -0.15) is 0 Å². The van der Waals surface area contributed by atoms with Crippen molar-refractivity contribution < 1.29 is 23.9 Å². The van der Waals surface area contributed by atoms with E-state index >= 15 is 0 Å². The first-order valence-electron chi connectivity index (χ1n) is 4.36. The average Bonchev–Trinajstić information content (AvgIpc) is 2.43. The second-order valence-electron chi connectivity index (χ2n) is 3.26. The second kappa shape index (κ2) is 3.41. The number of amides is 2. The van der Waals surface area contributed by atoms with E-state index in [1.807, 2.05) is 0 Å². The van der Waals surface area contributed by atoms with E-state index in [0.29, 0.717) is 4.90 Å². The predicted molar refractivity (Wildman–Crippen MR) is 46.8 cm³/mol. The van der Waals surface area contributed by atoms with Crippen LogP contribution in [-0.4, -0.2) is 29.2 Å². The molecule has 0 bridgehead atoms. The third kappa shape index (κ3) is 1.44. The van der Waals surface area contributed by atoms with Crippen molar-refractivity contribution >= 4 is 17.8 Å². The number of nitrogens with zero attached hydrogens (tertiary/aromatic N) is 1. The number of halogens is 1. The molecule has 6 heteroatoms. The first-order chi connectivity index (χ1) is 7.50. The quantitative estimate of drug-likeness (QED) is 0.612. The molecular formula is C10H5FNO4-. The molecule has 82 valence electrons. The molecule has 1 aromatic carbocycles. The molecule has 0 aromatic heterocycles. The van der Waals surface area contributed by atoms with Crippen LogP contribution in [0, 0.1) is 5.82 Å². The summed E-state index contributed by atoms with van der Waals surface area (Å²) in [6.45, 7) is -0.825. The number of imide groups is 1. The van der Waals surface area contributed by atoms with Crippen molar-refractivity contribution in [1.29, 1.82) is 0 Å². The predicted octanol–water partition coefficient (Wildman–Crippen LogP) is -0.828. The lowest BCUT2D eigenvalue weighted by Gasteiger charge is -2.13. The number of rotatable bonds is 2. The Labute approximate surface area is 89.1 Å². The summed E-state index contributed by atoms with van der Waals surface area (Å²) in [5.74, 6) is -3.77. The van der Waals surface area contributed by atoms with Gasteiger partial charge in [-0.15, -0.1) is 0 Å². The molecule has 0 spiro atoms. The van der Waals surface area contributed by atoms with Gasteiger partial charge in [-0.25, -0.2) is 4.39 Å². The van der Waals surface area contributed by atoms with E-state index in [-0.39, 0.29) is 11.1 Å². The third-order valence-electron chi connectivity index (χ3n) is 2.22. The summed E-state index contributed by atoms with van der Waals surface area (Å²) in [7, 11) is 0. The lowest BCUT2D eigenvalue weighted by Crippen LogP contribution is -2.41. The van der Waals surface area contributed by atoms with Crippen LogP contribution in [0.15, 0.2) is 18.2 Å². The fraction of sp³-hybridized carbons (Fsp3) is 0.100. The highest BCUT2D eigenvalue weighted by atomic mass is 19.1. The molecule has 0 unspecified atom stereocenters. The lowest BCUT2D eigenvalue weighted by atomic mass is 10.1. The summed E-state index contributed by atoms with van der Waals surface area (Å²) in [4.78, 5) is 33.9. The zero-order valence-electron chi connectivity index (χ0n) is 7.90. The molecular weight excluding hydrogens is 217 g/mol. The molecule has 1 aliphatic heterocycles. The van der Waals surface area contributed by atoms with E-state index in [0.717, 1.165) is 18.2 Å². The zero-order chi connectivity index (χ0) is 11.9. The van der Waals surface area contributed by atoms with Crippen molar-refractivity contribution in [3.05, 3.63) is 35.1 Å². The monoisotopic (exact) mass is 222 g/mol. The maximum absolute atomic E-state index is 12.8. The minimum absolute atomic E-state index is 0.00708. The van der Waals surface area contributed by atoms with Crippen molar-refractivity contribution in [2.45, 2.75) is 0 Å². The van der Waals surface area contributed by atoms with Crippen LogP contribution in [0.4, 0.5) is 4.39 Å². The molecule has 1 heterocycles. The Morgan fingerprint density at radius 2 is 1.88 bits per heavy atom. The molecule has 0 saturated carbocycles. The molecule has 2 rings (SSSR count). The topological polar surface area (TPSA) is 77.5 Å². The molecule has 0 aliphatic carbocycles. The molecule has 0 fully saturated rings. The summed E-state index contributed by atoms with van der Waals surface area (Å²) < 4.78 is 12.8. The van der Waals surface area contributed by atoms with Gasteiger partial charge >= 0.3 is 0 Å². The largest absolute Gasteiger partial charge is 0.548 e.